The molecule has 0 aliphatic heterocycles. The molecule has 0 radical (unpaired) electrons. The summed E-state index contributed by atoms with van der Waals surface area (Å²) >= 11 is 0. The normalized spacial score (nSPS) is 12.0. The van der Waals surface area contributed by atoms with E-state index in [9.17, 15) is 0 Å². The number of quaternary nitrogens is 1. The second kappa shape index (κ2) is 9.41. The molecule has 0 amide bonds. The first kappa shape index (κ1) is 22.5. The quantitative estimate of drug-likeness (QED) is 0.256. The topological polar surface area (TPSA) is 0 Å². The highest BCUT2D eigenvalue weighted by molar-refractivity contribution is 7.95. The highest BCUT2D eigenvalue weighted by Gasteiger charge is 2.45. The molecule has 0 heterocycles. The van der Waals surface area contributed by atoms with Crippen LogP contribution < -0.4 is 15.9 Å². The van der Waals surface area contributed by atoms with Gasteiger partial charge in [-0.1, -0.05) is 66.2 Å². The Morgan fingerprint density at radius 2 is 0.969 bits per heavy atom. The molecule has 0 unspecified atom stereocenters. The van der Waals surface area contributed by atoms with Crippen molar-refractivity contribution in [3.63, 3.8) is 0 Å². The van der Waals surface area contributed by atoms with Crippen molar-refractivity contribution in [1.29, 1.82) is 0 Å². The van der Waals surface area contributed by atoms with Crippen LogP contribution in [0.25, 0.3) is 0 Å². The lowest BCUT2D eigenvalue weighted by atomic mass is 10.2. The van der Waals surface area contributed by atoms with E-state index in [-0.39, 0.29) is 0 Å². The fourth-order valence-corrected chi connectivity index (χ4v) is 8.68. The van der Waals surface area contributed by atoms with E-state index in [0.717, 1.165) is 17.2 Å². The smallest absolute Gasteiger partial charge is 0.116 e. The minimum absolute atomic E-state index is 0.931. The van der Waals surface area contributed by atoms with Gasteiger partial charge in [0.2, 0.25) is 0 Å². The third kappa shape index (κ3) is 5.01. The molecule has 0 aliphatic rings. The molecule has 1 nitrogen and oxygen atoms in total. The van der Waals surface area contributed by atoms with Crippen LogP contribution in [0, 0.1) is 6.92 Å². The van der Waals surface area contributed by atoms with Crippen LogP contribution in [-0.4, -0.2) is 25.6 Å². The summed E-state index contributed by atoms with van der Waals surface area (Å²) in [5.74, 6) is 0. The van der Waals surface area contributed by atoms with Crippen LogP contribution in [0.4, 0.5) is 0 Å². The molecule has 4 aromatic carbocycles. The summed E-state index contributed by atoms with van der Waals surface area (Å²) in [7, 11) is 4.87. The van der Waals surface area contributed by atoms with E-state index in [1.165, 1.54) is 32.6 Å². The van der Waals surface area contributed by atoms with Gasteiger partial charge in [-0.25, -0.2) is 0 Å². The van der Waals surface area contributed by atoms with Crippen LogP contribution in [0.5, 0.6) is 0 Å². The Morgan fingerprint density at radius 1 is 0.531 bits per heavy atom. The number of hydrogen-bond donors (Lipinski definition) is 0. The molecule has 0 bridgehead atoms. The van der Waals surface area contributed by atoms with E-state index in [0.29, 0.717) is 0 Å². The van der Waals surface area contributed by atoms with E-state index in [1.807, 2.05) is 0 Å². The molecular formula is C30H34NP+2. The van der Waals surface area contributed by atoms with Crippen molar-refractivity contribution in [3.05, 3.63) is 126 Å². The van der Waals surface area contributed by atoms with Crippen LogP contribution in [0.2, 0.25) is 0 Å². The molecule has 162 valence electrons. The van der Waals surface area contributed by atoms with Gasteiger partial charge in [-0.3, -0.25) is 0 Å². The van der Waals surface area contributed by atoms with Crippen molar-refractivity contribution >= 4 is 23.2 Å². The molecule has 0 fully saturated rings. The van der Waals surface area contributed by atoms with Crippen molar-refractivity contribution in [2.45, 2.75) is 19.6 Å². The first-order valence-electron chi connectivity index (χ1n) is 11.3. The van der Waals surface area contributed by atoms with Crippen molar-refractivity contribution in [3.8, 4) is 0 Å². The van der Waals surface area contributed by atoms with Crippen molar-refractivity contribution in [2.75, 3.05) is 21.1 Å². The Hall–Kier alpha value is -2.73. The molecule has 0 saturated carbocycles. The summed E-state index contributed by atoms with van der Waals surface area (Å²) in [6, 6.07) is 40.9. The molecule has 0 aliphatic carbocycles. The summed E-state index contributed by atoms with van der Waals surface area (Å²) < 4.78 is 0.931. The van der Waals surface area contributed by atoms with Crippen LogP contribution in [-0.2, 0) is 12.7 Å². The average Bonchev–Trinajstić information content (AvgIpc) is 2.80. The Labute approximate surface area is 194 Å². The predicted octanol–water partition coefficient (Wildman–Crippen LogP) is 5.70. The van der Waals surface area contributed by atoms with Crippen molar-refractivity contribution in [2.24, 2.45) is 0 Å². The van der Waals surface area contributed by atoms with Crippen LogP contribution >= 0.6 is 7.26 Å². The summed E-state index contributed by atoms with van der Waals surface area (Å²) in [6.07, 6.45) is 1.02. The van der Waals surface area contributed by atoms with Gasteiger partial charge in [-0.05, 0) is 61.0 Å². The maximum absolute atomic E-state index is 2.40. The van der Waals surface area contributed by atoms with Gasteiger partial charge in [0.15, 0.2) is 0 Å². The average molecular weight is 440 g/mol. The predicted molar refractivity (Wildman–Crippen MR) is 142 cm³/mol. The van der Waals surface area contributed by atoms with E-state index in [1.54, 1.807) is 0 Å². The SMILES string of the molecule is Cc1ccc(C[P+](c2ccccc2)(c2ccccc2)c2ccc(C[N+](C)(C)C)cc2)cc1. The van der Waals surface area contributed by atoms with Gasteiger partial charge >= 0.3 is 0 Å². The van der Waals surface area contributed by atoms with Gasteiger partial charge in [-0.2, -0.15) is 0 Å². The number of aryl methyl sites for hydroxylation is 1. The van der Waals surface area contributed by atoms with Crippen molar-refractivity contribution < 1.29 is 4.48 Å². The lowest BCUT2D eigenvalue weighted by Crippen LogP contribution is -2.34. The maximum Gasteiger partial charge on any atom is 0.116 e. The maximum atomic E-state index is 2.40. The standard InChI is InChI=1S/C30H34NP/c1-25-15-17-27(18-16-25)24-32(28-11-7-5-8-12-28,29-13-9-6-10-14-29)30-21-19-26(20-22-30)23-31(2,3)4/h5-22H,23-24H2,1-4H3/q+2. The highest BCUT2D eigenvalue weighted by Crippen LogP contribution is 2.58. The Morgan fingerprint density at radius 3 is 1.44 bits per heavy atom. The number of rotatable bonds is 7. The summed E-state index contributed by atoms with van der Waals surface area (Å²) in [5.41, 5.74) is 4.09. The lowest BCUT2D eigenvalue weighted by molar-refractivity contribution is -0.884. The molecule has 2 heteroatoms. The van der Waals surface area contributed by atoms with E-state index < -0.39 is 7.26 Å². The number of nitrogens with zero attached hydrogens (tertiary/aromatic N) is 1. The fourth-order valence-electron chi connectivity index (χ4n) is 4.46. The zero-order chi connectivity index (χ0) is 22.6. The van der Waals surface area contributed by atoms with E-state index >= 15 is 0 Å². The van der Waals surface area contributed by atoms with Gasteiger partial charge in [0.25, 0.3) is 0 Å². The van der Waals surface area contributed by atoms with Gasteiger partial charge < -0.3 is 4.48 Å². The molecule has 0 atom stereocenters. The molecule has 0 spiro atoms. The molecule has 0 aromatic heterocycles. The monoisotopic (exact) mass is 439 g/mol. The second-order valence-corrected chi connectivity index (χ2v) is 13.2. The molecule has 4 rings (SSSR count). The van der Waals surface area contributed by atoms with Gasteiger partial charge in [0.05, 0.1) is 27.3 Å². The largest absolute Gasteiger partial charge is 0.327 e. The number of hydrogen-bond acceptors (Lipinski definition) is 0. The first-order valence-corrected chi connectivity index (χ1v) is 13.3. The van der Waals surface area contributed by atoms with Crippen molar-refractivity contribution in [1.82, 2.24) is 0 Å². The highest BCUT2D eigenvalue weighted by atomic mass is 31.2. The molecule has 0 N–H and O–H groups in total. The molecule has 32 heavy (non-hydrogen) atoms. The lowest BCUT2D eigenvalue weighted by Gasteiger charge is -2.28. The van der Waals surface area contributed by atoms with Gasteiger partial charge in [-0.15, -0.1) is 0 Å². The molecule has 4 aromatic rings. The summed E-state index contributed by atoms with van der Waals surface area (Å²) in [5, 5.41) is 4.32. The third-order valence-electron chi connectivity index (χ3n) is 5.97. The summed E-state index contributed by atoms with van der Waals surface area (Å²) in [6.45, 7) is 3.19. The van der Waals surface area contributed by atoms with E-state index in [4.69, 9.17) is 0 Å². The Balaban J connectivity index is 1.91. The third-order valence-corrected chi connectivity index (χ3v) is 10.3. The zero-order valence-electron chi connectivity index (χ0n) is 19.7. The second-order valence-electron chi connectivity index (χ2n) is 9.74. The van der Waals surface area contributed by atoms with Crippen LogP contribution in [0.1, 0.15) is 16.7 Å². The Bertz CT molecular complexity index is 1090. The minimum atomic E-state index is -1.87. The molecular weight excluding hydrogens is 405 g/mol. The number of benzene rings is 4. The van der Waals surface area contributed by atoms with Crippen LogP contribution in [0.3, 0.4) is 0 Å². The van der Waals surface area contributed by atoms with E-state index in [2.05, 4.69) is 137 Å². The Kier molecular flexibility index (Phi) is 6.60. The van der Waals surface area contributed by atoms with Gasteiger partial charge in [0.1, 0.15) is 29.7 Å². The summed E-state index contributed by atoms with van der Waals surface area (Å²) in [4.78, 5) is 0. The van der Waals surface area contributed by atoms with Gasteiger partial charge in [0, 0.05) is 5.56 Å². The zero-order valence-corrected chi connectivity index (χ0v) is 20.6. The minimum Gasteiger partial charge on any atom is -0.327 e. The molecule has 0 saturated heterocycles. The fraction of sp³-hybridized carbons (Fsp3) is 0.200. The first-order chi connectivity index (χ1) is 15.4. The van der Waals surface area contributed by atoms with Crippen LogP contribution in [0.15, 0.2) is 109 Å².